The molecule has 4 heterocycles. The molecule has 1 aliphatic heterocycles. The molecule has 1 amide bonds. The first kappa shape index (κ1) is 20.0. The first-order valence-electron chi connectivity index (χ1n) is 9.21. The summed E-state index contributed by atoms with van der Waals surface area (Å²) in [6.07, 6.45) is 2.34. The number of amides is 1. The Hall–Kier alpha value is -3.31. The van der Waals surface area contributed by atoms with Gasteiger partial charge in [0.05, 0.1) is 29.7 Å². The van der Waals surface area contributed by atoms with E-state index in [2.05, 4.69) is 25.4 Å². The van der Waals surface area contributed by atoms with Crippen LogP contribution in [0.2, 0.25) is 0 Å². The quantitative estimate of drug-likeness (QED) is 0.650. The fourth-order valence-electron chi connectivity index (χ4n) is 3.40. The highest BCUT2D eigenvalue weighted by molar-refractivity contribution is 5.77. The normalized spacial score (nSPS) is 17.3. The molecular weight excluding hydrogens is 406 g/mol. The second kappa shape index (κ2) is 7.84. The van der Waals surface area contributed by atoms with E-state index in [0.29, 0.717) is 23.9 Å². The standard InChI is InChI=1S/C18H17F4N7O/c19-13-8-24-16(12-7-25-29-5-3-23-9-14(12)29)27-17(13)26-11-2-1-4-28(10-11)15(30)6-18(20,21)22/h3,5,7-9,11H,1-2,4,6,10H2,(H,24,26,27). The number of carbonyl (C=O) groups excluding carboxylic acids is 1. The molecule has 8 nitrogen and oxygen atoms in total. The number of nitrogens with one attached hydrogen (secondary N) is 1. The van der Waals surface area contributed by atoms with E-state index in [-0.39, 0.29) is 24.7 Å². The van der Waals surface area contributed by atoms with Crippen molar-refractivity contribution in [2.24, 2.45) is 0 Å². The van der Waals surface area contributed by atoms with Gasteiger partial charge < -0.3 is 10.2 Å². The number of aromatic nitrogens is 5. The second-order valence-electron chi connectivity index (χ2n) is 6.97. The molecule has 1 atom stereocenters. The van der Waals surface area contributed by atoms with Gasteiger partial charge in [-0.3, -0.25) is 9.78 Å². The van der Waals surface area contributed by atoms with Gasteiger partial charge in [-0.05, 0) is 12.8 Å². The van der Waals surface area contributed by atoms with Crippen molar-refractivity contribution in [2.45, 2.75) is 31.5 Å². The third kappa shape index (κ3) is 4.31. The molecular formula is C18H17F4N7O. The summed E-state index contributed by atoms with van der Waals surface area (Å²) in [6, 6.07) is -0.432. The molecule has 0 bridgehead atoms. The van der Waals surface area contributed by atoms with Crippen LogP contribution in [0.15, 0.2) is 31.0 Å². The topological polar surface area (TPSA) is 88.3 Å². The van der Waals surface area contributed by atoms with Crippen molar-refractivity contribution in [3.8, 4) is 11.4 Å². The smallest absolute Gasteiger partial charge is 0.363 e. The predicted octanol–water partition coefficient (Wildman–Crippen LogP) is 2.68. The molecule has 0 aromatic carbocycles. The van der Waals surface area contributed by atoms with Crippen molar-refractivity contribution in [3.63, 3.8) is 0 Å². The monoisotopic (exact) mass is 423 g/mol. The zero-order valence-corrected chi connectivity index (χ0v) is 15.6. The maximum absolute atomic E-state index is 14.3. The van der Waals surface area contributed by atoms with Crippen LogP contribution in [0.1, 0.15) is 19.3 Å². The molecule has 158 valence electrons. The van der Waals surface area contributed by atoms with Gasteiger partial charge in [0, 0.05) is 31.5 Å². The van der Waals surface area contributed by atoms with Crippen LogP contribution in [0.5, 0.6) is 0 Å². The van der Waals surface area contributed by atoms with Gasteiger partial charge >= 0.3 is 6.18 Å². The summed E-state index contributed by atoms with van der Waals surface area (Å²) in [4.78, 5) is 25.3. The number of alkyl halides is 3. The van der Waals surface area contributed by atoms with Crippen LogP contribution in [0, 0.1) is 5.82 Å². The summed E-state index contributed by atoms with van der Waals surface area (Å²) in [5, 5.41) is 7.07. The molecule has 4 rings (SSSR count). The van der Waals surface area contributed by atoms with Gasteiger partial charge in [-0.1, -0.05) is 0 Å². The average molecular weight is 423 g/mol. The average Bonchev–Trinajstić information content (AvgIpc) is 3.13. The number of carbonyl (C=O) groups is 1. The molecule has 30 heavy (non-hydrogen) atoms. The highest BCUT2D eigenvalue weighted by atomic mass is 19.4. The van der Waals surface area contributed by atoms with Crippen LogP contribution in [-0.2, 0) is 4.79 Å². The van der Waals surface area contributed by atoms with Gasteiger partial charge in [0.25, 0.3) is 0 Å². The van der Waals surface area contributed by atoms with Crippen LogP contribution in [0.4, 0.5) is 23.4 Å². The first-order chi connectivity index (χ1) is 14.3. The van der Waals surface area contributed by atoms with E-state index in [1.807, 2.05) is 0 Å². The molecule has 12 heteroatoms. The number of nitrogens with zero attached hydrogens (tertiary/aromatic N) is 6. The summed E-state index contributed by atoms with van der Waals surface area (Å²) >= 11 is 0. The number of rotatable bonds is 4. The number of halogens is 4. The van der Waals surface area contributed by atoms with Gasteiger partial charge in [-0.2, -0.15) is 18.3 Å². The number of fused-ring (bicyclic) bond motifs is 1. The highest BCUT2D eigenvalue weighted by Crippen LogP contribution is 2.25. The van der Waals surface area contributed by atoms with Crippen molar-refractivity contribution >= 4 is 17.2 Å². The Bertz CT molecular complexity index is 1070. The molecule has 0 spiro atoms. The van der Waals surface area contributed by atoms with Crippen LogP contribution >= 0.6 is 0 Å². The van der Waals surface area contributed by atoms with Gasteiger partial charge in [0.15, 0.2) is 17.5 Å². The number of piperidine rings is 1. The first-order valence-corrected chi connectivity index (χ1v) is 9.21. The summed E-state index contributed by atoms with van der Waals surface area (Å²) in [7, 11) is 0. The Kier molecular flexibility index (Phi) is 5.22. The summed E-state index contributed by atoms with van der Waals surface area (Å²) in [6.45, 7) is 0.272. The number of likely N-dealkylation sites (tertiary alicyclic amines) is 1. The second-order valence-corrected chi connectivity index (χ2v) is 6.97. The summed E-state index contributed by atoms with van der Waals surface area (Å²) in [5.74, 6) is -1.55. The Balaban J connectivity index is 1.52. The number of hydrogen-bond acceptors (Lipinski definition) is 6. The Labute approximate surface area is 168 Å². The lowest BCUT2D eigenvalue weighted by Crippen LogP contribution is -2.46. The molecule has 0 saturated carbocycles. The SMILES string of the molecule is O=C(CC(F)(F)F)N1CCCC(Nc2nc(-c3cnn4ccncc34)ncc2F)C1. The van der Waals surface area contributed by atoms with Crippen molar-refractivity contribution in [2.75, 3.05) is 18.4 Å². The summed E-state index contributed by atoms with van der Waals surface area (Å²) < 4.78 is 53.4. The van der Waals surface area contributed by atoms with Gasteiger partial charge in [0.1, 0.15) is 6.42 Å². The van der Waals surface area contributed by atoms with Crippen LogP contribution in [0.25, 0.3) is 16.9 Å². The maximum Gasteiger partial charge on any atom is 0.397 e. The van der Waals surface area contributed by atoms with Crippen molar-refractivity contribution in [3.05, 3.63) is 36.8 Å². The van der Waals surface area contributed by atoms with E-state index in [1.54, 1.807) is 23.1 Å². The van der Waals surface area contributed by atoms with Crippen molar-refractivity contribution in [1.29, 1.82) is 0 Å². The van der Waals surface area contributed by atoms with Gasteiger partial charge in [-0.25, -0.2) is 18.9 Å². The molecule has 0 radical (unpaired) electrons. The Morgan fingerprint density at radius 2 is 2.10 bits per heavy atom. The van der Waals surface area contributed by atoms with Crippen LogP contribution in [0.3, 0.4) is 0 Å². The fraction of sp³-hybridized carbons (Fsp3) is 0.389. The van der Waals surface area contributed by atoms with Crippen LogP contribution in [-0.4, -0.2) is 60.7 Å². The number of anilines is 1. The molecule has 0 aliphatic carbocycles. The van der Waals surface area contributed by atoms with Crippen molar-refractivity contribution < 1.29 is 22.4 Å². The lowest BCUT2D eigenvalue weighted by atomic mass is 10.1. The van der Waals surface area contributed by atoms with E-state index in [9.17, 15) is 22.4 Å². The molecule has 3 aromatic rings. The van der Waals surface area contributed by atoms with Crippen LogP contribution < -0.4 is 5.32 Å². The summed E-state index contributed by atoms with van der Waals surface area (Å²) in [5.41, 5.74) is 1.19. The van der Waals surface area contributed by atoms with E-state index < -0.39 is 30.4 Å². The highest BCUT2D eigenvalue weighted by Gasteiger charge is 2.35. The van der Waals surface area contributed by atoms with Gasteiger partial charge in [0.2, 0.25) is 5.91 Å². The molecule has 3 aromatic heterocycles. The van der Waals surface area contributed by atoms with E-state index in [1.165, 1.54) is 6.20 Å². The maximum atomic E-state index is 14.3. The minimum absolute atomic E-state index is 0.0360. The Morgan fingerprint density at radius 3 is 2.90 bits per heavy atom. The predicted molar refractivity (Wildman–Crippen MR) is 97.9 cm³/mol. The molecule has 1 N–H and O–H groups in total. The van der Waals surface area contributed by atoms with Crippen molar-refractivity contribution in [1.82, 2.24) is 29.5 Å². The third-order valence-corrected chi connectivity index (χ3v) is 4.78. The molecule has 1 aliphatic rings. The number of hydrogen-bond donors (Lipinski definition) is 1. The lowest BCUT2D eigenvalue weighted by molar-refractivity contribution is -0.162. The minimum atomic E-state index is -4.56. The van der Waals surface area contributed by atoms with E-state index in [4.69, 9.17) is 0 Å². The molecule has 1 saturated heterocycles. The fourth-order valence-corrected chi connectivity index (χ4v) is 3.40. The zero-order valence-electron chi connectivity index (χ0n) is 15.6. The third-order valence-electron chi connectivity index (χ3n) is 4.78. The zero-order chi connectivity index (χ0) is 21.3. The van der Waals surface area contributed by atoms with E-state index >= 15 is 0 Å². The van der Waals surface area contributed by atoms with Gasteiger partial charge in [-0.15, -0.1) is 0 Å². The van der Waals surface area contributed by atoms with E-state index in [0.717, 1.165) is 11.1 Å². The molecule has 1 fully saturated rings. The molecule has 1 unspecified atom stereocenters. The lowest BCUT2D eigenvalue weighted by Gasteiger charge is -2.33. The minimum Gasteiger partial charge on any atom is -0.363 e. The largest absolute Gasteiger partial charge is 0.397 e. The Morgan fingerprint density at radius 1 is 1.27 bits per heavy atom.